The van der Waals surface area contributed by atoms with E-state index in [-0.39, 0.29) is 5.56 Å². The van der Waals surface area contributed by atoms with Crippen LogP contribution in [0.5, 0.6) is 0 Å². The molecule has 80 valence electrons. The standard InChI is InChI=1S/C11H13FN2O/c1-8(2)3-6-14-11(15)9-4-5-13-7-10(9)12/h3-5,7H,6H2,1-2H3,(H,14,15). The number of hydrogen-bond acceptors (Lipinski definition) is 2. The van der Waals surface area contributed by atoms with Crippen molar-refractivity contribution in [3.63, 3.8) is 0 Å². The maximum absolute atomic E-state index is 13.1. The molecule has 0 aromatic carbocycles. The van der Waals surface area contributed by atoms with Gasteiger partial charge in [-0.3, -0.25) is 9.78 Å². The zero-order chi connectivity index (χ0) is 11.3. The minimum Gasteiger partial charge on any atom is -0.348 e. The van der Waals surface area contributed by atoms with E-state index in [0.29, 0.717) is 6.54 Å². The van der Waals surface area contributed by atoms with Gasteiger partial charge in [0.25, 0.3) is 5.91 Å². The summed E-state index contributed by atoms with van der Waals surface area (Å²) in [6.45, 7) is 4.27. The molecule has 0 aliphatic rings. The van der Waals surface area contributed by atoms with Gasteiger partial charge in [0.2, 0.25) is 0 Å². The second kappa shape index (κ2) is 5.24. The van der Waals surface area contributed by atoms with Gasteiger partial charge in [0.15, 0.2) is 5.82 Å². The number of halogens is 1. The third-order valence-electron chi connectivity index (χ3n) is 1.79. The van der Waals surface area contributed by atoms with Crippen molar-refractivity contribution in [3.8, 4) is 0 Å². The molecule has 1 rings (SSSR count). The number of rotatable bonds is 3. The molecule has 15 heavy (non-hydrogen) atoms. The van der Waals surface area contributed by atoms with E-state index in [0.717, 1.165) is 11.8 Å². The summed E-state index contributed by atoms with van der Waals surface area (Å²) in [6.07, 6.45) is 4.27. The lowest BCUT2D eigenvalue weighted by Crippen LogP contribution is -2.24. The topological polar surface area (TPSA) is 42.0 Å². The molecule has 0 unspecified atom stereocenters. The average Bonchev–Trinajstić information content (AvgIpc) is 2.17. The Hall–Kier alpha value is -1.71. The monoisotopic (exact) mass is 208 g/mol. The van der Waals surface area contributed by atoms with Gasteiger partial charge in [0, 0.05) is 12.7 Å². The normalized spacial score (nSPS) is 9.53. The van der Waals surface area contributed by atoms with E-state index in [1.165, 1.54) is 12.3 Å². The molecule has 1 heterocycles. The first-order valence-corrected chi connectivity index (χ1v) is 4.62. The predicted molar refractivity (Wildman–Crippen MR) is 56.0 cm³/mol. The summed E-state index contributed by atoms with van der Waals surface area (Å²) < 4.78 is 13.1. The van der Waals surface area contributed by atoms with Gasteiger partial charge in [0.05, 0.1) is 11.8 Å². The molecule has 0 fully saturated rings. The fraction of sp³-hybridized carbons (Fsp3) is 0.273. The van der Waals surface area contributed by atoms with Gasteiger partial charge in [-0.05, 0) is 19.9 Å². The summed E-state index contributed by atoms with van der Waals surface area (Å²) in [5, 5.41) is 2.59. The van der Waals surface area contributed by atoms with Crippen LogP contribution >= 0.6 is 0 Å². The smallest absolute Gasteiger partial charge is 0.254 e. The van der Waals surface area contributed by atoms with Crippen LogP contribution in [0.4, 0.5) is 4.39 Å². The Kier molecular flexibility index (Phi) is 3.97. The molecule has 0 bridgehead atoms. The van der Waals surface area contributed by atoms with Crippen LogP contribution in [0, 0.1) is 5.82 Å². The van der Waals surface area contributed by atoms with Crippen LogP contribution in [-0.2, 0) is 0 Å². The molecule has 4 heteroatoms. The van der Waals surface area contributed by atoms with Crippen LogP contribution in [0.15, 0.2) is 30.1 Å². The first-order valence-electron chi connectivity index (χ1n) is 4.62. The number of carbonyl (C=O) groups excluding carboxylic acids is 1. The van der Waals surface area contributed by atoms with Gasteiger partial charge < -0.3 is 5.32 Å². The number of nitrogens with zero attached hydrogens (tertiary/aromatic N) is 1. The summed E-state index contributed by atoms with van der Waals surface area (Å²) in [6, 6.07) is 1.35. The zero-order valence-corrected chi connectivity index (χ0v) is 8.75. The first-order chi connectivity index (χ1) is 7.11. The molecule has 1 N–H and O–H groups in total. The number of nitrogens with one attached hydrogen (secondary N) is 1. The molecule has 3 nitrogen and oxygen atoms in total. The van der Waals surface area contributed by atoms with Crippen LogP contribution in [-0.4, -0.2) is 17.4 Å². The van der Waals surface area contributed by atoms with Crippen molar-refractivity contribution in [1.29, 1.82) is 0 Å². The van der Waals surface area contributed by atoms with E-state index in [1.807, 2.05) is 19.9 Å². The molecule has 0 saturated heterocycles. The van der Waals surface area contributed by atoms with Crippen LogP contribution in [0.3, 0.4) is 0 Å². The summed E-state index contributed by atoms with van der Waals surface area (Å²) in [4.78, 5) is 15.0. The molecule has 1 aromatic heterocycles. The van der Waals surface area contributed by atoms with Crippen LogP contribution in [0.1, 0.15) is 24.2 Å². The zero-order valence-electron chi connectivity index (χ0n) is 8.75. The molecule has 0 spiro atoms. The van der Waals surface area contributed by atoms with Crippen molar-refractivity contribution < 1.29 is 9.18 Å². The van der Waals surface area contributed by atoms with Gasteiger partial charge in [-0.15, -0.1) is 0 Å². The van der Waals surface area contributed by atoms with E-state index in [9.17, 15) is 9.18 Å². The second-order valence-corrected chi connectivity index (χ2v) is 3.35. The van der Waals surface area contributed by atoms with Crippen LogP contribution in [0.25, 0.3) is 0 Å². The van der Waals surface area contributed by atoms with Crippen molar-refractivity contribution in [2.75, 3.05) is 6.54 Å². The highest BCUT2D eigenvalue weighted by molar-refractivity contribution is 5.94. The minimum absolute atomic E-state index is 0.0205. The molecule has 0 aliphatic heterocycles. The average molecular weight is 208 g/mol. The summed E-state index contributed by atoms with van der Waals surface area (Å²) in [7, 11) is 0. The van der Waals surface area contributed by atoms with Crippen LogP contribution in [0.2, 0.25) is 0 Å². The molecular formula is C11H13FN2O. The van der Waals surface area contributed by atoms with Gasteiger partial charge in [-0.1, -0.05) is 11.6 Å². The minimum atomic E-state index is -0.604. The number of hydrogen-bond donors (Lipinski definition) is 1. The third-order valence-corrected chi connectivity index (χ3v) is 1.79. The fourth-order valence-electron chi connectivity index (χ4n) is 1.00. The highest BCUT2D eigenvalue weighted by Crippen LogP contribution is 2.03. The first kappa shape index (κ1) is 11.4. The van der Waals surface area contributed by atoms with E-state index in [1.54, 1.807) is 0 Å². The molecular weight excluding hydrogens is 195 g/mol. The molecule has 1 aromatic rings. The Balaban J connectivity index is 2.62. The Labute approximate surface area is 88.0 Å². The number of pyridine rings is 1. The van der Waals surface area contributed by atoms with Gasteiger partial charge in [-0.2, -0.15) is 0 Å². The highest BCUT2D eigenvalue weighted by atomic mass is 19.1. The van der Waals surface area contributed by atoms with Crippen molar-refractivity contribution in [3.05, 3.63) is 41.5 Å². The van der Waals surface area contributed by atoms with E-state index in [4.69, 9.17) is 0 Å². The Bertz CT molecular complexity index is 384. The third kappa shape index (κ3) is 3.50. The fourth-order valence-corrected chi connectivity index (χ4v) is 1.00. The van der Waals surface area contributed by atoms with Gasteiger partial charge in [0.1, 0.15) is 0 Å². The Morgan fingerprint density at radius 2 is 2.33 bits per heavy atom. The maximum atomic E-state index is 13.1. The predicted octanol–water partition coefficient (Wildman–Crippen LogP) is 1.92. The second-order valence-electron chi connectivity index (χ2n) is 3.35. The van der Waals surface area contributed by atoms with Crippen molar-refractivity contribution in [2.45, 2.75) is 13.8 Å². The van der Waals surface area contributed by atoms with Crippen molar-refractivity contribution >= 4 is 5.91 Å². The Morgan fingerprint density at radius 3 is 2.93 bits per heavy atom. The maximum Gasteiger partial charge on any atom is 0.254 e. The summed E-state index contributed by atoms with van der Waals surface area (Å²) >= 11 is 0. The van der Waals surface area contributed by atoms with Gasteiger partial charge in [-0.25, -0.2) is 4.39 Å². The SMILES string of the molecule is CC(C)=CCNC(=O)c1ccncc1F. The van der Waals surface area contributed by atoms with Crippen LogP contribution < -0.4 is 5.32 Å². The molecule has 0 aliphatic carbocycles. The molecule has 0 atom stereocenters. The number of allylic oxidation sites excluding steroid dienone is 1. The highest BCUT2D eigenvalue weighted by Gasteiger charge is 2.09. The quantitative estimate of drug-likeness (QED) is 0.771. The van der Waals surface area contributed by atoms with E-state index >= 15 is 0 Å². The lowest BCUT2D eigenvalue weighted by molar-refractivity contribution is 0.0954. The molecule has 1 amide bonds. The molecule has 0 radical (unpaired) electrons. The lowest BCUT2D eigenvalue weighted by Gasteiger charge is -2.03. The van der Waals surface area contributed by atoms with Crippen molar-refractivity contribution in [2.24, 2.45) is 0 Å². The summed E-state index contributed by atoms with van der Waals surface area (Å²) in [5.41, 5.74) is 1.12. The van der Waals surface area contributed by atoms with E-state index < -0.39 is 11.7 Å². The Morgan fingerprint density at radius 1 is 1.60 bits per heavy atom. The lowest BCUT2D eigenvalue weighted by atomic mass is 10.2. The molecule has 0 saturated carbocycles. The van der Waals surface area contributed by atoms with Crippen molar-refractivity contribution in [1.82, 2.24) is 10.3 Å². The van der Waals surface area contributed by atoms with Gasteiger partial charge >= 0.3 is 0 Å². The number of aromatic nitrogens is 1. The number of amides is 1. The van der Waals surface area contributed by atoms with E-state index in [2.05, 4.69) is 10.3 Å². The summed E-state index contributed by atoms with van der Waals surface area (Å²) in [5.74, 6) is -1.03. The largest absolute Gasteiger partial charge is 0.348 e. The number of carbonyl (C=O) groups is 1.